The van der Waals surface area contributed by atoms with Gasteiger partial charge in [-0.15, -0.1) is 11.3 Å². The Balaban J connectivity index is 1.25. The second-order valence-electron chi connectivity index (χ2n) is 8.54. The lowest BCUT2D eigenvalue weighted by Crippen LogP contribution is -2.38. The van der Waals surface area contributed by atoms with Gasteiger partial charge in [-0.1, -0.05) is 0 Å². The Labute approximate surface area is 187 Å². The number of likely N-dealkylation sites (tertiary alicyclic amines) is 2. The van der Waals surface area contributed by atoms with Gasteiger partial charge in [0, 0.05) is 33.3 Å². The van der Waals surface area contributed by atoms with Crippen molar-refractivity contribution < 1.29 is 9.47 Å². The normalized spacial score (nSPS) is 16.9. The molecule has 6 heteroatoms. The van der Waals surface area contributed by atoms with Gasteiger partial charge < -0.3 is 19.3 Å². The lowest BCUT2D eigenvalue weighted by Gasteiger charge is -2.30. The van der Waals surface area contributed by atoms with E-state index >= 15 is 0 Å². The number of hydrogen-bond acceptors (Lipinski definition) is 6. The van der Waals surface area contributed by atoms with Crippen LogP contribution in [0.5, 0.6) is 11.5 Å². The first kappa shape index (κ1) is 20.7. The molecule has 3 heterocycles. The highest BCUT2D eigenvalue weighted by Crippen LogP contribution is 2.30. The molecule has 5 nitrogen and oxygen atoms in total. The van der Waals surface area contributed by atoms with Crippen molar-refractivity contribution in [1.82, 2.24) is 9.80 Å². The van der Waals surface area contributed by atoms with E-state index in [9.17, 15) is 4.79 Å². The molecule has 0 bridgehead atoms. The van der Waals surface area contributed by atoms with Crippen molar-refractivity contribution in [2.75, 3.05) is 52.5 Å². The van der Waals surface area contributed by atoms with Crippen molar-refractivity contribution in [1.29, 1.82) is 0 Å². The Morgan fingerprint density at radius 1 is 0.742 bits per heavy atom. The predicted molar refractivity (Wildman–Crippen MR) is 128 cm³/mol. The van der Waals surface area contributed by atoms with Gasteiger partial charge in [0.1, 0.15) is 11.5 Å². The third-order valence-electron chi connectivity index (χ3n) is 6.29. The van der Waals surface area contributed by atoms with Crippen LogP contribution >= 0.6 is 11.3 Å². The highest BCUT2D eigenvalue weighted by Gasteiger charge is 2.14. The molecule has 2 saturated heterocycles. The summed E-state index contributed by atoms with van der Waals surface area (Å²) in [5.74, 6) is 1.62. The van der Waals surface area contributed by atoms with Crippen LogP contribution in [0.4, 0.5) is 0 Å². The number of benzene rings is 2. The lowest BCUT2D eigenvalue weighted by atomic mass is 10.1. The molecule has 0 saturated carbocycles. The van der Waals surface area contributed by atoms with Crippen LogP contribution in [-0.2, 0) is 0 Å². The maximum absolute atomic E-state index is 13.1. The van der Waals surface area contributed by atoms with Crippen molar-refractivity contribution in [3.8, 4) is 11.5 Å². The minimum atomic E-state index is 0.0686. The zero-order valence-corrected chi connectivity index (χ0v) is 18.8. The molecule has 0 atom stereocenters. The van der Waals surface area contributed by atoms with Gasteiger partial charge in [0.2, 0.25) is 0 Å². The van der Waals surface area contributed by atoms with E-state index in [1.54, 1.807) is 11.3 Å². The molecule has 31 heavy (non-hydrogen) atoms. The van der Waals surface area contributed by atoms with Gasteiger partial charge in [-0.2, -0.15) is 0 Å². The second-order valence-corrected chi connectivity index (χ2v) is 9.63. The molecule has 0 radical (unpaired) electrons. The quantitative estimate of drug-likeness (QED) is 0.347. The van der Waals surface area contributed by atoms with Crippen LogP contribution < -0.4 is 14.9 Å². The molecule has 2 fully saturated rings. The number of fused-ring (bicyclic) bond motifs is 2. The van der Waals surface area contributed by atoms with E-state index in [0.29, 0.717) is 13.2 Å². The molecule has 2 aliphatic rings. The van der Waals surface area contributed by atoms with Crippen LogP contribution in [0.1, 0.15) is 25.7 Å². The number of hydrogen-bond donors (Lipinski definition) is 0. The van der Waals surface area contributed by atoms with Crippen LogP contribution in [0, 0.1) is 0 Å². The van der Waals surface area contributed by atoms with E-state index in [1.807, 2.05) is 36.4 Å². The van der Waals surface area contributed by atoms with Crippen LogP contribution in [0.3, 0.4) is 0 Å². The maximum atomic E-state index is 13.1. The van der Waals surface area contributed by atoms with Gasteiger partial charge in [0.15, 0.2) is 5.43 Å². The monoisotopic (exact) mass is 438 g/mol. The summed E-state index contributed by atoms with van der Waals surface area (Å²) < 4.78 is 13.8. The van der Waals surface area contributed by atoms with Crippen molar-refractivity contribution in [3.05, 3.63) is 46.6 Å². The van der Waals surface area contributed by atoms with Gasteiger partial charge in [-0.25, -0.2) is 0 Å². The summed E-state index contributed by atoms with van der Waals surface area (Å²) in [5.41, 5.74) is 0.0686. The molecule has 164 valence electrons. The molecule has 2 aliphatic heterocycles. The fraction of sp³-hybridized carbons (Fsp3) is 0.480. The molecule has 0 N–H and O–H groups in total. The molecule has 2 aromatic carbocycles. The molecule has 0 aliphatic carbocycles. The summed E-state index contributed by atoms with van der Waals surface area (Å²) in [6.07, 6.45) is 4.69. The molecular formula is C25H30N2O3S. The summed E-state index contributed by atoms with van der Waals surface area (Å²) in [4.78, 5) is 18.0. The van der Waals surface area contributed by atoms with E-state index < -0.39 is 0 Å². The Morgan fingerprint density at radius 2 is 1.35 bits per heavy atom. The smallest absolute Gasteiger partial charge is 0.196 e. The summed E-state index contributed by atoms with van der Waals surface area (Å²) in [6, 6.07) is 11.7. The Hall–Kier alpha value is -2.15. The molecule has 0 spiro atoms. The molecule has 0 unspecified atom stereocenters. The molecule has 0 amide bonds. The molecule has 1 aromatic heterocycles. The fourth-order valence-electron chi connectivity index (χ4n) is 4.16. The maximum Gasteiger partial charge on any atom is 0.196 e. The fourth-order valence-corrected chi connectivity index (χ4v) is 5.24. The highest BCUT2D eigenvalue weighted by molar-refractivity contribution is 7.24. The van der Waals surface area contributed by atoms with E-state index in [-0.39, 0.29) is 5.43 Å². The third-order valence-corrected chi connectivity index (χ3v) is 7.42. The van der Waals surface area contributed by atoms with E-state index in [1.165, 1.54) is 39.0 Å². The Morgan fingerprint density at radius 3 is 1.97 bits per heavy atom. The highest BCUT2D eigenvalue weighted by atomic mass is 32.1. The SMILES string of the molecule is O=c1c2ccc(OCCCN3CCC3)cc2sc2ccc(OCCCN3CCC3)cc12. The first-order valence-electron chi connectivity index (χ1n) is 11.5. The summed E-state index contributed by atoms with van der Waals surface area (Å²) in [5, 5.41) is 1.49. The average Bonchev–Trinajstić information content (AvgIpc) is 2.71. The standard InChI is InChI=1S/C25H30N2O3S/c28-25-21-7-5-20(30-16-4-14-27-11-2-12-27)18-24(21)31-23-8-6-19(17-22(23)25)29-15-3-13-26-9-1-10-26/h5-8,17-18H,1-4,9-16H2. The van der Waals surface area contributed by atoms with Gasteiger partial charge in [0.25, 0.3) is 0 Å². The van der Waals surface area contributed by atoms with Crippen molar-refractivity contribution in [2.45, 2.75) is 25.7 Å². The van der Waals surface area contributed by atoms with E-state index in [4.69, 9.17) is 9.47 Å². The van der Waals surface area contributed by atoms with Crippen molar-refractivity contribution in [2.24, 2.45) is 0 Å². The lowest BCUT2D eigenvalue weighted by molar-refractivity contribution is 0.165. The van der Waals surface area contributed by atoms with Crippen LogP contribution in [0.15, 0.2) is 41.2 Å². The largest absolute Gasteiger partial charge is 0.494 e. The summed E-state index contributed by atoms with van der Waals surface area (Å²) in [7, 11) is 0. The van der Waals surface area contributed by atoms with Gasteiger partial charge in [-0.05, 0) is 88.3 Å². The third kappa shape index (κ3) is 4.86. The second kappa shape index (κ2) is 9.55. The number of nitrogens with zero attached hydrogens (tertiary/aromatic N) is 2. The van der Waals surface area contributed by atoms with E-state index in [2.05, 4.69) is 9.80 Å². The summed E-state index contributed by atoms with van der Waals surface area (Å²) >= 11 is 1.64. The zero-order valence-electron chi connectivity index (χ0n) is 18.0. The van der Waals surface area contributed by atoms with Crippen LogP contribution in [0.2, 0.25) is 0 Å². The van der Waals surface area contributed by atoms with Gasteiger partial charge in [-0.3, -0.25) is 4.79 Å². The Kier molecular flexibility index (Phi) is 6.39. The number of rotatable bonds is 10. The summed E-state index contributed by atoms with van der Waals surface area (Å²) in [6.45, 7) is 8.48. The van der Waals surface area contributed by atoms with Crippen molar-refractivity contribution in [3.63, 3.8) is 0 Å². The van der Waals surface area contributed by atoms with Crippen LogP contribution in [0.25, 0.3) is 20.2 Å². The Bertz CT molecular complexity index is 1110. The van der Waals surface area contributed by atoms with E-state index in [0.717, 1.165) is 57.6 Å². The number of ether oxygens (including phenoxy) is 2. The molecule has 3 aromatic rings. The zero-order chi connectivity index (χ0) is 21.0. The first-order valence-corrected chi connectivity index (χ1v) is 12.3. The van der Waals surface area contributed by atoms with Crippen molar-refractivity contribution >= 4 is 31.5 Å². The van der Waals surface area contributed by atoms with Gasteiger partial charge in [0.05, 0.1) is 13.2 Å². The minimum Gasteiger partial charge on any atom is -0.494 e. The molecular weight excluding hydrogens is 408 g/mol. The average molecular weight is 439 g/mol. The van der Waals surface area contributed by atoms with Gasteiger partial charge >= 0.3 is 0 Å². The topological polar surface area (TPSA) is 42.0 Å². The molecule has 5 rings (SSSR count). The minimum absolute atomic E-state index is 0.0686. The predicted octanol–water partition coefficient (Wildman–Crippen LogP) is 4.36. The van der Waals surface area contributed by atoms with Crippen LogP contribution in [-0.4, -0.2) is 62.3 Å². The first-order chi connectivity index (χ1) is 15.3.